The number of halogens is 9. The van der Waals surface area contributed by atoms with E-state index >= 15 is 0 Å². The fourth-order valence-electron chi connectivity index (χ4n) is 14.4. The molecule has 0 saturated heterocycles. The number of pyridine rings is 3. The molecule has 40 heteroatoms. The number of hydrogen-bond acceptors (Lipinski definition) is 19. The van der Waals surface area contributed by atoms with E-state index in [4.69, 9.17) is 28.4 Å². The van der Waals surface area contributed by atoms with Crippen molar-refractivity contribution in [2.75, 3.05) is 68.3 Å². The van der Waals surface area contributed by atoms with Gasteiger partial charge in [0.05, 0.1) is 91.9 Å². The van der Waals surface area contributed by atoms with Gasteiger partial charge in [0.1, 0.15) is 51.9 Å². The second-order valence-corrected chi connectivity index (χ2v) is 29.6. The molecule has 13 rings (SSSR count). The van der Waals surface area contributed by atoms with Gasteiger partial charge in [-0.15, -0.1) is 0 Å². The van der Waals surface area contributed by atoms with Gasteiger partial charge in [-0.1, -0.05) is 24.3 Å². The van der Waals surface area contributed by atoms with Crippen molar-refractivity contribution in [3.63, 3.8) is 0 Å². The third-order valence-corrected chi connectivity index (χ3v) is 21.4. The normalized spacial score (nSPS) is 20.2. The van der Waals surface area contributed by atoms with Gasteiger partial charge in [-0.2, -0.15) is 54.8 Å². The molecule has 4 aliphatic rings. The van der Waals surface area contributed by atoms with Crippen LogP contribution in [0.5, 0.6) is 28.7 Å². The molecule has 6 atom stereocenters. The van der Waals surface area contributed by atoms with E-state index in [9.17, 15) is 78.2 Å². The molecule has 3 aromatic carbocycles. The van der Waals surface area contributed by atoms with E-state index in [1.165, 1.54) is 70.5 Å². The average molecular weight is 1710 g/mol. The SMILES string of the molecule is CCOC(=O)[C@@]12C[C@H]1/C=C\CCCCN(C)C(=O)N[C@@H](CCOc1cc(-c3cc(C(F)(F)F)nn3C)nc3c(C)c(OC)ccc13)C(=O)N2.COc1ccc2c(=O)cc(-c3cc(C(F)(F)F)nn3C)[nH]c2c1C.COc1ccc2c(OCC[C@@H]3NC(=O)N(C)CCCC/C=C\[C@@H]4C[C@@]4(C(=O)O)NC3=O)cc(-c3cc(C(F)(F)F)nn3C)nc2c1C.[Li+].[OH-]. The number of rotatable bonds is 17. The molecule has 0 radical (unpaired) electrons. The van der Waals surface area contributed by atoms with E-state index in [-0.39, 0.29) is 121 Å². The number of carbonyl (C=O) groups excluding carboxylic acids is 5. The second-order valence-electron chi connectivity index (χ2n) is 29.6. The van der Waals surface area contributed by atoms with Crippen LogP contribution in [0.25, 0.3) is 66.9 Å². The molecule has 0 bridgehead atoms. The van der Waals surface area contributed by atoms with E-state index in [1.54, 1.807) is 78.2 Å². The first kappa shape index (κ1) is 94.0. The standard InChI is InChI=1S/C34H41F3N6O6.C32H37F3N6O6.C16H14F3N3O2.Li.H2O/c1-6-48-31(45)33-19-21(33)11-9-7-8-10-15-42(3)32(46)39-23(30(44)40-33)14-16-49-27-17-24(25-18-28(34(35,36)37)41-43(25)4)38-29-20(2)26(47-5)13-12-22(27)29;1-18-24(46-4)11-10-20-25(15-22(36-27(18)20)23-16-26(32(33,34)35)39-41(23)3)47-14-12-21-28(42)38-31(29(43)44)17-19(31)9-7-5-6-8-13-40(2)30(45)37-21;1-8-13(24-3)5-4-9-12(23)6-10(20-15(8)9)11-7-14(16(17,18)19)21-22(11)2;;/h9,11-13,17-18,21,23H,6-8,10,14-16,19H2,1-5H3,(H,39,46)(H,40,44);7,9-11,15-16,19,21H,5-6,8,12-14,17H2,1-4H3,(H,37,45)(H,38,42)(H,43,44);4-7H,1-3H3,(H,20,23);;1H2/q;;;+1;/p-1/b11-9-;9-7-;;;/t21-,23+,33-;19-,21+,31-;;;/m11.../s1. The van der Waals surface area contributed by atoms with Gasteiger partial charge in [0, 0.05) is 124 Å². The number of benzene rings is 3. The molecule has 2 aliphatic heterocycles. The molecular formula is C82H93F9LiN15O15. The minimum atomic E-state index is -4.66. The summed E-state index contributed by atoms with van der Waals surface area (Å²) in [5, 5.41) is 33.2. The number of fused-ring (bicyclic) bond motifs is 5. The third kappa shape index (κ3) is 20.8. The summed E-state index contributed by atoms with van der Waals surface area (Å²) in [7, 11) is 11.9. The number of carboxylic acid groups (broad SMARTS) is 1. The Labute approximate surface area is 705 Å². The van der Waals surface area contributed by atoms with E-state index in [0.717, 1.165) is 70.8 Å². The number of aromatic nitrogens is 9. The molecule has 6 amide bonds. The van der Waals surface area contributed by atoms with Crippen molar-refractivity contribution < 1.29 is 126 Å². The summed E-state index contributed by atoms with van der Waals surface area (Å²) in [6, 6.07) is 14.0. The fourth-order valence-corrected chi connectivity index (χ4v) is 14.4. The van der Waals surface area contributed by atoms with E-state index in [2.05, 4.69) is 51.5 Å². The van der Waals surface area contributed by atoms with Crippen LogP contribution in [-0.4, -0.2) is 192 Å². The Hall–Kier alpha value is -11.9. The smallest absolute Gasteiger partial charge is 0.870 e. The molecule has 0 unspecified atom stereocenters. The first-order valence-corrected chi connectivity index (χ1v) is 38.4. The Morgan fingerprint density at radius 1 is 0.533 bits per heavy atom. The summed E-state index contributed by atoms with van der Waals surface area (Å²) < 4.78 is 156. The Morgan fingerprint density at radius 3 is 1.34 bits per heavy atom. The van der Waals surface area contributed by atoms with Gasteiger partial charge < -0.3 is 75.1 Å². The third-order valence-electron chi connectivity index (χ3n) is 21.4. The van der Waals surface area contributed by atoms with Crippen LogP contribution in [0.2, 0.25) is 0 Å². The summed E-state index contributed by atoms with van der Waals surface area (Å²) in [4.78, 5) is 106. The quantitative estimate of drug-likeness (QED) is 0.0214. The summed E-state index contributed by atoms with van der Waals surface area (Å²) in [6.45, 7) is 7.89. The number of aromatic amines is 1. The monoisotopic (exact) mass is 1710 g/mol. The van der Waals surface area contributed by atoms with Gasteiger partial charge >= 0.3 is 61.4 Å². The van der Waals surface area contributed by atoms with Gasteiger partial charge in [0.2, 0.25) is 11.8 Å². The number of hydrogen-bond donors (Lipinski definition) is 6. The Bertz CT molecular complexity index is 5510. The van der Waals surface area contributed by atoms with Gasteiger partial charge in [0.15, 0.2) is 22.5 Å². The molecule has 6 aromatic heterocycles. The van der Waals surface area contributed by atoms with Crippen LogP contribution in [0, 0.1) is 32.6 Å². The zero-order chi connectivity index (χ0) is 87.3. The van der Waals surface area contributed by atoms with E-state index in [0.29, 0.717) is 91.9 Å². The van der Waals surface area contributed by atoms with Crippen molar-refractivity contribution in [3.8, 4) is 62.9 Å². The summed E-state index contributed by atoms with van der Waals surface area (Å²) in [6.07, 6.45) is -0.961. The number of aliphatic carboxylic acids is 1. The molecule has 9 aromatic rings. The molecule has 8 heterocycles. The van der Waals surface area contributed by atoms with Crippen LogP contribution in [0.1, 0.15) is 105 Å². The fraction of sp³-hybridized carbons (Fsp3) is 0.439. The first-order chi connectivity index (χ1) is 56.7. The van der Waals surface area contributed by atoms with Crippen LogP contribution >= 0.6 is 0 Å². The van der Waals surface area contributed by atoms with Crippen molar-refractivity contribution in [1.82, 2.24) is 75.4 Å². The van der Waals surface area contributed by atoms with Crippen molar-refractivity contribution in [2.24, 2.45) is 33.0 Å². The first-order valence-electron chi connectivity index (χ1n) is 38.4. The van der Waals surface area contributed by atoms with Gasteiger partial charge in [-0.3, -0.25) is 28.4 Å². The number of amides is 6. The molecule has 7 N–H and O–H groups in total. The number of aryl methyl sites for hydroxylation is 6. The van der Waals surface area contributed by atoms with E-state index in [1.807, 2.05) is 24.3 Å². The largest absolute Gasteiger partial charge is 1.00 e. The molecule has 2 fully saturated rings. The van der Waals surface area contributed by atoms with Crippen LogP contribution in [-0.2, 0) is 63.6 Å². The van der Waals surface area contributed by atoms with Gasteiger partial charge in [-0.25, -0.2) is 29.1 Å². The number of allylic oxidation sites excluding steroid dienone is 2. The van der Waals surface area contributed by atoms with Crippen LogP contribution < -0.4 is 69.2 Å². The zero-order valence-corrected chi connectivity index (χ0v) is 69.2. The number of nitrogens with one attached hydrogen (secondary N) is 5. The Morgan fingerprint density at radius 2 is 0.926 bits per heavy atom. The Kier molecular flexibility index (Phi) is 29.6. The maximum absolute atomic E-state index is 13.8. The van der Waals surface area contributed by atoms with Crippen molar-refractivity contribution in [1.29, 1.82) is 0 Å². The minimum Gasteiger partial charge on any atom is -0.870 e. The summed E-state index contributed by atoms with van der Waals surface area (Å²) in [5.74, 6) is -1.35. The molecule has 0 spiro atoms. The Balaban J connectivity index is 0.000000217. The molecule has 2 saturated carbocycles. The number of methoxy groups -OCH3 is 3. The maximum atomic E-state index is 13.8. The number of urea groups is 2. The summed E-state index contributed by atoms with van der Waals surface area (Å²) >= 11 is 0. The summed E-state index contributed by atoms with van der Waals surface area (Å²) in [5.41, 5.74) is -1.79. The number of carbonyl (C=O) groups is 6. The number of carboxylic acids is 1. The predicted molar refractivity (Wildman–Crippen MR) is 424 cm³/mol. The number of nitrogens with zero attached hydrogens (tertiary/aromatic N) is 10. The molecule has 122 heavy (non-hydrogen) atoms. The molecule has 650 valence electrons. The second kappa shape index (κ2) is 38.5. The van der Waals surface area contributed by atoms with Crippen molar-refractivity contribution >= 4 is 68.5 Å². The number of alkyl halides is 9. The molecule has 30 nitrogen and oxygen atoms in total. The van der Waals surface area contributed by atoms with Crippen molar-refractivity contribution in [2.45, 2.75) is 134 Å². The topological polar surface area (TPSA) is 375 Å². The number of esters is 1. The number of ether oxygens (including phenoxy) is 6. The predicted octanol–water partition coefficient (Wildman–Crippen LogP) is 9.47. The maximum Gasteiger partial charge on any atom is 1.00 e. The van der Waals surface area contributed by atoms with Crippen LogP contribution in [0.3, 0.4) is 0 Å². The van der Waals surface area contributed by atoms with Gasteiger partial charge in [0.25, 0.3) is 0 Å². The average Bonchev–Trinajstić information content (AvgIpc) is 1.57. The number of H-pyrrole nitrogens is 1. The zero-order valence-electron chi connectivity index (χ0n) is 69.2. The van der Waals surface area contributed by atoms with Crippen LogP contribution in [0.4, 0.5) is 49.1 Å². The minimum absolute atomic E-state index is 0. The van der Waals surface area contributed by atoms with Crippen LogP contribution in [0.15, 0.2) is 102 Å². The van der Waals surface area contributed by atoms with Gasteiger partial charge in [-0.05, 0) is 134 Å². The van der Waals surface area contributed by atoms with Crippen molar-refractivity contribution in [3.05, 3.63) is 141 Å². The van der Waals surface area contributed by atoms with E-state index < -0.39 is 94.6 Å². The molecule has 2 aliphatic carbocycles. The molecular weight excluding hydrogens is 1610 g/mol.